The lowest BCUT2D eigenvalue weighted by Crippen LogP contribution is -2.46. The van der Waals surface area contributed by atoms with Gasteiger partial charge in [-0.1, -0.05) is 12.1 Å². The molecule has 9 heteroatoms. The van der Waals surface area contributed by atoms with Crippen LogP contribution >= 0.6 is 0 Å². The van der Waals surface area contributed by atoms with Crippen LogP contribution in [0.25, 0.3) is 0 Å². The Bertz CT molecular complexity index is 956. The molecule has 0 unspecified atom stereocenters. The van der Waals surface area contributed by atoms with Crippen LogP contribution in [-0.2, 0) is 28.9 Å². The van der Waals surface area contributed by atoms with Gasteiger partial charge in [0.05, 0.1) is 31.5 Å². The number of benzene rings is 1. The van der Waals surface area contributed by atoms with Crippen molar-refractivity contribution in [2.45, 2.75) is 26.3 Å². The highest BCUT2D eigenvalue weighted by atomic mass is 16.5. The molecule has 0 spiro atoms. The summed E-state index contributed by atoms with van der Waals surface area (Å²) in [6.07, 6.45) is 0.945. The van der Waals surface area contributed by atoms with Crippen LogP contribution in [0.3, 0.4) is 0 Å². The van der Waals surface area contributed by atoms with Crippen LogP contribution < -0.4 is 15.6 Å². The summed E-state index contributed by atoms with van der Waals surface area (Å²) in [4.78, 5) is 45.1. The van der Waals surface area contributed by atoms with E-state index in [4.69, 9.17) is 9.47 Å². The molecule has 2 aromatic rings. The van der Waals surface area contributed by atoms with Gasteiger partial charge < -0.3 is 24.7 Å². The quantitative estimate of drug-likeness (QED) is 0.700. The van der Waals surface area contributed by atoms with E-state index in [9.17, 15) is 14.4 Å². The second-order valence-electron chi connectivity index (χ2n) is 6.60. The number of nitrogens with zero attached hydrogens (tertiary/aromatic N) is 2. The van der Waals surface area contributed by atoms with Crippen LogP contribution in [0.1, 0.15) is 29.6 Å². The molecule has 29 heavy (non-hydrogen) atoms. The van der Waals surface area contributed by atoms with Crippen molar-refractivity contribution in [3.63, 3.8) is 0 Å². The summed E-state index contributed by atoms with van der Waals surface area (Å²) >= 11 is 0. The number of aromatic nitrogens is 2. The van der Waals surface area contributed by atoms with Crippen LogP contribution in [0.4, 0.5) is 4.79 Å². The number of hydrogen-bond acceptors (Lipinski definition) is 6. The Balaban J connectivity index is 1.68. The number of urea groups is 1. The lowest BCUT2D eigenvalue weighted by Gasteiger charge is -2.27. The van der Waals surface area contributed by atoms with Crippen molar-refractivity contribution < 1.29 is 19.1 Å². The van der Waals surface area contributed by atoms with Crippen molar-refractivity contribution in [3.8, 4) is 5.75 Å². The number of carbonyl (C=O) groups excluding carboxylic acids is 2. The summed E-state index contributed by atoms with van der Waals surface area (Å²) in [5.74, 6) is 0.814. The third-order valence-electron chi connectivity index (χ3n) is 4.60. The van der Waals surface area contributed by atoms with E-state index in [-0.39, 0.29) is 25.3 Å². The largest absolute Gasteiger partial charge is 0.497 e. The average molecular weight is 400 g/mol. The molecule has 2 heterocycles. The van der Waals surface area contributed by atoms with E-state index >= 15 is 0 Å². The minimum Gasteiger partial charge on any atom is -0.497 e. The molecule has 1 aliphatic heterocycles. The summed E-state index contributed by atoms with van der Waals surface area (Å²) in [6.45, 7) is 2.31. The molecule has 0 fully saturated rings. The molecule has 3 rings (SSSR count). The first-order chi connectivity index (χ1) is 14.0. The van der Waals surface area contributed by atoms with E-state index in [1.54, 1.807) is 14.0 Å². The molecule has 1 aliphatic rings. The zero-order valence-corrected chi connectivity index (χ0v) is 16.5. The van der Waals surface area contributed by atoms with Crippen molar-refractivity contribution in [1.82, 2.24) is 20.2 Å². The summed E-state index contributed by atoms with van der Waals surface area (Å²) in [6, 6.07) is 7.17. The van der Waals surface area contributed by atoms with Gasteiger partial charge in [-0.25, -0.2) is 9.78 Å². The van der Waals surface area contributed by atoms with Crippen LogP contribution in [0.5, 0.6) is 5.75 Å². The monoisotopic (exact) mass is 400 g/mol. The second kappa shape index (κ2) is 9.22. The lowest BCUT2D eigenvalue weighted by atomic mass is 10.1. The van der Waals surface area contributed by atoms with Crippen molar-refractivity contribution in [2.24, 2.45) is 0 Å². The maximum atomic E-state index is 12.6. The molecule has 0 saturated heterocycles. The summed E-state index contributed by atoms with van der Waals surface area (Å²) in [7, 11) is 1.60. The van der Waals surface area contributed by atoms with E-state index in [1.807, 2.05) is 24.3 Å². The minimum atomic E-state index is -0.500. The van der Waals surface area contributed by atoms with Crippen molar-refractivity contribution in [2.75, 3.05) is 26.8 Å². The van der Waals surface area contributed by atoms with E-state index in [2.05, 4.69) is 15.3 Å². The van der Waals surface area contributed by atoms with Gasteiger partial charge in [-0.15, -0.1) is 0 Å². The van der Waals surface area contributed by atoms with Gasteiger partial charge in [0, 0.05) is 19.4 Å². The van der Waals surface area contributed by atoms with Crippen molar-refractivity contribution in [1.29, 1.82) is 0 Å². The first-order valence-electron chi connectivity index (χ1n) is 9.42. The second-order valence-corrected chi connectivity index (χ2v) is 6.60. The third-order valence-corrected chi connectivity index (χ3v) is 4.60. The highest BCUT2D eigenvalue weighted by molar-refractivity contribution is 5.81. The Morgan fingerprint density at radius 1 is 1.34 bits per heavy atom. The SMILES string of the molecule is CCOC(=O)CNC(=O)N1CCc2nc(Cc3cccc(OC)c3)[nH]c(=O)c2C1. The number of amides is 2. The molecule has 1 aromatic carbocycles. The molecule has 1 aromatic heterocycles. The Morgan fingerprint density at radius 3 is 2.93 bits per heavy atom. The lowest BCUT2D eigenvalue weighted by molar-refractivity contribution is -0.141. The van der Waals surface area contributed by atoms with E-state index in [0.717, 1.165) is 11.3 Å². The molecular weight excluding hydrogens is 376 g/mol. The number of fused-ring (bicyclic) bond motifs is 1. The molecule has 0 aliphatic carbocycles. The molecular formula is C20H24N4O5. The van der Waals surface area contributed by atoms with Gasteiger partial charge in [0.1, 0.15) is 18.1 Å². The van der Waals surface area contributed by atoms with E-state index < -0.39 is 12.0 Å². The molecule has 2 N–H and O–H groups in total. The van der Waals surface area contributed by atoms with Gasteiger partial charge in [0.25, 0.3) is 5.56 Å². The number of rotatable bonds is 6. The fourth-order valence-corrected chi connectivity index (χ4v) is 3.18. The predicted octanol–water partition coefficient (Wildman–Crippen LogP) is 1.00. The van der Waals surface area contributed by atoms with E-state index in [1.165, 1.54) is 4.90 Å². The first-order valence-corrected chi connectivity index (χ1v) is 9.42. The molecule has 0 atom stereocenters. The number of carbonyl (C=O) groups is 2. The zero-order valence-electron chi connectivity index (χ0n) is 16.5. The van der Waals surface area contributed by atoms with Crippen molar-refractivity contribution in [3.05, 3.63) is 57.3 Å². The van der Waals surface area contributed by atoms with E-state index in [0.29, 0.717) is 36.5 Å². The smallest absolute Gasteiger partial charge is 0.325 e. The zero-order chi connectivity index (χ0) is 20.8. The first kappa shape index (κ1) is 20.4. The maximum absolute atomic E-state index is 12.6. The number of nitrogens with one attached hydrogen (secondary N) is 2. The van der Waals surface area contributed by atoms with Crippen LogP contribution in [-0.4, -0.2) is 53.7 Å². The van der Waals surface area contributed by atoms with Crippen LogP contribution in [0, 0.1) is 0 Å². The van der Waals surface area contributed by atoms with Crippen molar-refractivity contribution >= 4 is 12.0 Å². The number of esters is 1. The summed E-state index contributed by atoms with van der Waals surface area (Å²) in [5, 5.41) is 2.51. The summed E-state index contributed by atoms with van der Waals surface area (Å²) < 4.78 is 10.0. The standard InChI is InChI=1S/C20H24N4O5/c1-3-29-18(25)11-21-20(27)24-8-7-16-15(12-24)19(26)23-17(22-16)10-13-5-4-6-14(9-13)28-2/h4-6,9H,3,7-8,10-12H2,1-2H3,(H,21,27)(H,22,23,26). The molecule has 0 saturated carbocycles. The number of methoxy groups -OCH3 is 1. The topological polar surface area (TPSA) is 114 Å². The number of hydrogen-bond donors (Lipinski definition) is 2. The van der Waals surface area contributed by atoms with Gasteiger partial charge in [0.15, 0.2) is 0 Å². The van der Waals surface area contributed by atoms with Gasteiger partial charge in [-0.3, -0.25) is 9.59 Å². The average Bonchev–Trinajstić information content (AvgIpc) is 2.72. The third kappa shape index (κ3) is 5.13. The minimum absolute atomic E-state index is 0.145. The van der Waals surface area contributed by atoms with Gasteiger partial charge in [-0.05, 0) is 24.6 Å². The number of aromatic amines is 1. The van der Waals surface area contributed by atoms with Gasteiger partial charge in [-0.2, -0.15) is 0 Å². The fraction of sp³-hybridized carbons (Fsp3) is 0.400. The van der Waals surface area contributed by atoms with Crippen LogP contribution in [0.15, 0.2) is 29.1 Å². The molecule has 0 radical (unpaired) electrons. The number of H-pyrrole nitrogens is 1. The fourth-order valence-electron chi connectivity index (χ4n) is 3.18. The molecule has 154 valence electrons. The molecule has 0 bridgehead atoms. The van der Waals surface area contributed by atoms with Gasteiger partial charge in [0.2, 0.25) is 0 Å². The Morgan fingerprint density at radius 2 is 2.17 bits per heavy atom. The highest BCUT2D eigenvalue weighted by Gasteiger charge is 2.25. The Hall–Kier alpha value is -3.36. The Labute approximate surface area is 168 Å². The van der Waals surface area contributed by atoms with Crippen LogP contribution in [0.2, 0.25) is 0 Å². The Kier molecular flexibility index (Phi) is 6.48. The molecule has 2 amide bonds. The van der Waals surface area contributed by atoms with Gasteiger partial charge >= 0.3 is 12.0 Å². The normalized spacial score (nSPS) is 12.8. The molecule has 9 nitrogen and oxygen atoms in total. The summed E-state index contributed by atoms with van der Waals surface area (Å²) in [5.41, 5.74) is 1.89. The number of ether oxygens (including phenoxy) is 2. The predicted molar refractivity (Wildman–Crippen MR) is 105 cm³/mol. The maximum Gasteiger partial charge on any atom is 0.325 e. The highest BCUT2D eigenvalue weighted by Crippen LogP contribution is 2.17.